The summed E-state index contributed by atoms with van der Waals surface area (Å²) in [6.45, 7) is 0.819. The first-order valence-electron chi connectivity index (χ1n) is 7.17. The summed E-state index contributed by atoms with van der Waals surface area (Å²) in [5, 5.41) is 11.0. The summed E-state index contributed by atoms with van der Waals surface area (Å²) in [6, 6.07) is -0.105. The van der Waals surface area contributed by atoms with Gasteiger partial charge in [-0.1, -0.05) is 0 Å². The van der Waals surface area contributed by atoms with Crippen molar-refractivity contribution in [1.82, 2.24) is 0 Å². The number of carbonyl (C=O) groups excluding carboxylic acids is 2. The SMILES string of the molecule is COC(=O)C(C=NC1CC1)C(=O)c1c(F)c(C)c(F)c(F)c1[N+](=O)[O-]. The molecule has 1 atom stereocenters. The fraction of sp³-hybridized carbons (Fsp3) is 0.400. The Balaban J connectivity index is 2.62. The quantitative estimate of drug-likeness (QED) is 0.148. The molecular formula is C15H13F3N2O5. The van der Waals surface area contributed by atoms with Crippen molar-refractivity contribution >= 4 is 23.7 Å². The number of nitro groups is 1. The van der Waals surface area contributed by atoms with Gasteiger partial charge < -0.3 is 4.74 Å². The second-order valence-corrected chi connectivity index (χ2v) is 5.44. The van der Waals surface area contributed by atoms with Crippen LogP contribution in [0.5, 0.6) is 0 Å². The summed E-state index contributed by atoms with van der Waals surface area (Å²) in [5.74, 6) is -9.74. The zero-order valence-electron chi connectivity index (χ0n) is 13.2. The number of hydrogen-bond donors (Lipinski definition) is 0. The number of rotatable bonds is 6. The summed E-state index contributed by atoms with van der Waals surface area (Å²) in [6.07, 6.45) is 2.36. The molecule has 0 radical (unpaired) electrons. The second-order valence-electron chi connectivity index (χ2n) is 5.44. The number of methoxy groups -OCH3 is 1. The van der Waals surface area contributed by atoms with Gasteiger partial charge in [0.05, 0.1) is 12.0 Å². The van der Waals surface area contributed by atoms with Gasteiger partial charge in [-0.15, -0.1) is 0 Å². The number of hydrogen-bond acceptors (Lipinski definition) is 6. The van der Waals surface area contributed by atoms with E-state index in [1.54, 1.807) is 0 Å². The van der Waals surface area contributed by atoms with Crippen LogP contribution in [0.15, 0.2) is 4.99 Å². The molecule has 1 aliphatic carbocycles. The van der Waals surface area contributed by atoms with Crippen LogP contribution in [0.3, 0.4) is 0 Å². The highest BCUT2D eigenvalue weighted by atomic mass is 19.2. The second kappa shape index (κ2) is 6.99. The lowest BCUT2D eigenvalue weighted by atomic mass is 9.94. The lowest BCUT2D eigenvalue weighted by Gasteiger charge is -2.12. The zero-order valence-corrected chi connectivity index (χ0v) is 13.2. The van der Waals surface area contributed by atoms with Gasteiger partial charge in [0.25, 0.3) is 0 Å². The topological polar surface area (TPSA) is 98.9 Å². The number of ketones is 1. The molecule has 0 aromatic heterocycles. The molecule has 1 unspecified atom stereocenters. The van der Waals surface area contributed by atoms with Crippen LogP contribution in [-0.2, 0) is 9.53 Å². The van der Waals surface area contributed by atoms with E-state index in [0.29, 0.717) is 0 Å². The third-order valence-corrected chi connectivity index (χ3v) is 3.67. The van der Waals surface area contributed by atoms with Gasteiger partial charge in [-0.3, -0.25) is 24.7 Å². The smallest absolute Gasteiger partial charge is 0.322 e. The molecule has 0 N–H and O–H groups in total. The van der Waals surface area contributed by atoms with E-state index in [-0.39, 0.29) is 6.04 Å². The highest BCUT2D eigenvalue weighted by molar-refractivity contribution is 6.20. The average molecular weight is 358 g/mol. The molecule has 0 amide bonds. The molecule has 0 saturated heterocycles. The lowest BCUT2D eigenvalue weighted by molar-refractivity contribution is -0.388. The van der Waals surface area contributed by atoms with E-state index in [1.807, 2.05) is 0 Å². The van der Waals surface area contributed by atoms with Crippen LogP contribution in [0.1, 0.15) is 28.8 Å². The summed E-state index contributed by atoms with van der Waals surface area (Å²) in [4.78, 5) is 37.8. The Hall–Kier alpha value is -2.78. The summed E-state index contributed by atoms with van der Waals surface area (Å²) >= 11 is 0. The van der Waals surface area contributed by atoms with Crippen LogP contribution in [0.4, 0.5) is 18.9 Å². The minimum Gasteiger partial charge on any atom is -0.468 e. The van der Waals surface area contributed by atoms with Gasteiger partial charge in [0.1, 0.15) is 11.4 Å². The fourth-order valence-corrected chi connectivity index (χ4v) is 2.11. The van der Waals surface area contributed by atoms with Gasteiger partial charge in [-0.05, 0) is 19.8 Å². The van der Waals surface area contributed by atoms with Gasteiger partial charge >= 0.3 is 11.7 Å². The Morgan fingerprint density at radius 3 is 2.36 bits per heavy atom. The highest BCUT2D eigenvalue weighted by Crippen LogP contribution is 2.32. The number of nitrogens with zero attached hydrogens (tertiary/aromatic N) is 2. The van der Waals surface area contributed by atoms with Gasteiger partial charge in [-0.2, -0.15) is 4.39 Å². The Morgan fingerprint density at radius 2 is 1.88 bits per heavy atom. The van der Waals surface area contributed by atoms with Crippen molar-refractivity contribution in [1.29, 1.82) is 0 Å². The number of aliphatic imine (C=N–C) groups is 1. The first-order chi connectivity index (χ1) is 11.7. The molecule has 0 heterocycles. The minimum atomic E-state index is -1.98. The summed E-state index contributed by atoms with van der Waals surface area (Å²) in [7, 11) is 0.953. The van der Waals surface area contributed by atoms with Crippen molar-refractivity contribution < 1.29 is 32.4 Å². The van der Waals surface area contributed by atoms with Crippen molar-refractivity contribution in [3.8, 4) is 0 Å². The van der Waals surface area contributed by atoms with E-state index < -0.39 is 56.9 Å². The Kier molecular flexibility index (Phi) is 5.19. The fourth-order valence-electron chi connectivity index (χ4n) is 2.11. The van der Waals surface area contributed by atoms with Crippen LogP contribution in [0.25, 0.3) is 0 Å². The van der Waals surface area contributed by atoms with Gasteiger partial charge in [0.2, 0.25) is 5.82 Å². The normalized spacial score (nSPS) is 15.2. The molecule has 0 aliphatic heterocycles. The standard InChI is InChI=1S/C15H13F3N2O5/c1-6-10(16)9(13(20(23)24)12(18)11(6)17)14(21)8(15(22)25-2)5-19-7-3-4-7/h5,7-8H,3-4H2,1-2H3. The van der Waals surface area contributed by atoms with Crippen molar-refractivity contribution in [3.63, 3.8) is 0 Å². The van der Waals surface area contributed by atoms with Crippen molar-refractivity contribution in [2.45, 2.75) is 25.8 Å². The molecule has 1 aromatic rings. The van der Waals surface area contributed by atoms with E-state index in [4.69, 9.17) is 0 Å². The first-order valence-corrected chi connectivity index (χ1v) is 7.17. The third-order valence-electron chi connectivity index (χ3n) is 3.67. The number of nitro benzene ring substituents is 1. The number of Topliss-reactive ketones (excluding diaryl/α,β-unsaturated/α-hetero) is 1. The molecule has 1 fully saturated rings. The highest BCUT2D eigenvalue weighted by Gasteiger charge is 2.39. The van der Waals surface area contributed by atoms with Crippen LogP contribution in [0, 0.1) is 40.4 Å². The maximum Gasteiger partial charge on any atom is 0.322 e. The van der Waals surface area contributed by atoms with Crippen LogP contribution < -0.4 is 0 Å². The van der Waals surface area contributed by atoms with E-state index >= 15 is 0 Å². The minimum absolute atomic E-state index is 0.105. The maximum absolute atomic E-state index is 14.3. The molecule has 134 valence electrons. The molecule has 25 heavy (non-hydrogen) atoms. The first kappa shape index (κ1) is 18.6. The van der Waals surface area contributed by atoms with E-state index in [2.05, 4.69) is 9.73 Å². The van der Waals surface area contributed by atoms with Crippen LogP contribution >= 0.6 is 0 Å². The summed E-state index contributed by atoms with van der Waals surface area (Å²) in [5.41, 5.74) is -3.90. The van der Waals surface area contributed by atoms with E-state index in [1.165, 1.54) is 0 Å². The van der Waals surface area contributed by atoms with E-state index in [0.717, 1.165) is 33.1 Å². The lowest BCUT2D eigenvalue weighted by Crippen LogP contribution is -2.29. The van der Waals surface area contributed by atoms with Gasteiger partial charge in [0.15, 0.2) is 17.5 Å². The molecule has 1 aromatic carbocycles. The van der Waals surface area contributed by atoms with Gasteiger partial charge in [0, 0.05) is 17.8 Å². The number of benzene rings is 1. The molecule has 0 spiro atoms. The molecule has 1 saturated carbocycles. The number of halogens is 3. The summed E-state index contributed by atoms with van der Waals surface area (Å²) < 4.78 is 46.2. The molecule has 10 heteroatoms. The maximum atomic E-state index is 14.3. The predicted octanol–water partition coefficient (Wildman–Crippen LogP) is 2.53. The monoisotopic (exact) mass is 358 g/mol. The molecule has 7 nitrogen and oxygen atoms in total. The van der Waals surface area contributed by atoms with Crippen molar-refractivity contribution in [3.05, 3.63) is 38.7 Å². The molecule has 1 aliphatic rings. The zero-order chi connectivity index (χ0) is 18.9. The number of esters is 1. The Morgan fingerprint density at radius 1 is 1.28 bits per heavy atom. The van der Waals surface area contributed by atoms with E-state index in [9.17, 15) is 32.9 Å². The third kappa shape index (κ3) is 3.52. The Labute approximate surface area is 139 Å². The predicted molar refractivity (Wildman–Crippen MR) is 79.1 cm³/mol. The van der Waals surface area contributed by atoms with Crippen LogP contribution in [-0.4, -0.2) is 36.0 Å². The average Bonchev–Trinajstić information content (AvgIpc) is 3.39. The largest absolute Gasteiger partial charge is 0.468 e. The number of ether oxygens (including phenoxy) is 1. The molecule has 0 bridgehead atoms. The van der Waals surface area contributed by atoms with Crippen molar-refractivity contribution in [2.24, 2.45) is 10.9 Å². The molecule has 2 rings (SSSR count). The van der Waals surface area contributed by atoms with Crippen molar-refractivity contribution in [2.75, 3.05) is 7.11 Å². The Bertz CT molecular complexity index is 790. The van der Waals surface area contributed by atoms with Gasteiger partial charge in [-0.25, -0.2) is 8.78 Å². The number of carbonyl (C=O) groups is 2. The molecular weight excluding hydrogens is 345 g/mol. The van der Waals surface area contributed by atoms with Crippen LogP contribution in [0.2, 0.25) is 0 Å².